The maximum absolute atomic E-state index is 3.51. The van der Waals surface area contributed by atoms with E-state index in [2.05, 4.69) is 89.4 Å². The number of likely N-dealkylation sites (N-methyl/N-ethyl adjacent to an activating group) is 1. The molecule has 146 valence electrons. The zero-order chi connectivity index (χ0) is 19.8. The lowest BCUT2D eigenvalue weighted by Crippen LogP contribution is -2.26. The topological polar surface area (TPSA) is 32.2 Å². The summed E-state index contributed by atoms with van der Waals surface area (Å²) in [6, 6.07) is 19.1. The van der Waals surface area contributed by atoms with Crippen molar-refractivity contribution >= 4 is 16.6 Å². The first-order valence-corrected chi connectivity index (χ1v) is 9.93. The van der Waals surface area contributed by atoms with Gasteiger partial charge in [-0.2, -0.15) is 0 Å². The molecule has 1 heterocycles. The summed E-state index contributed by atoms with van der Waals surface area (Å²) in [7, 11) is 4.19. The van der Waals surface area contributed by atoms with Crippen LogP contribution in [0.2, 0.25) is 0 Å². The van der Waals surface area contributed by atoms with Crippen molar-refractivity contribution in [2.24, 2.45) is 0 Å². The van der Waals surface area contributed by atoms with Crippen LogP contribution in [-0.2, 0) is 13.1 Å². The number of hydrogen-bond donors (Lipinski definition) is 2. The Morgan fingerprint density at radius 1 is 1.04 bits per heavy atom. The van der Waals surface area contributed by atoms with E-state index in [-0.39, 0.29) is 0 Å². The number of hydrogen-bond acceptors (Lipinski definition) is 3. The van der Waals surface area contributed by atoms with E-state index in [9.17, 15) is 0 Å². The number of nitrogens with zero attached hydrogens (tertiary/aromatic N) is 2. The number of aryl methyl sites for hydroxylation is 1. The number of aromatic nitrogens is 1. The largest absolute Gasteiger partial charge is 0.374 e. The van der Waals surface area contributed by atoms with Crippen LogP contribution in [0.5, 0.6) is 0 Å². The number of para-hydroxylation sites is 1. The first kappa shape index (κ1) is 20.0. The van der Waals surface area contributed by atoms with Gasteiger partial charge in [-0.25, -0.2) is 0 Å². The highest BCUT2D eigenvalue weighted by atomic mass is 15.1. The molecule has 3 aromatic rings. The van der Waals surface area contributed by atoms with Gasteiger partial charge in [0.25, 0.3) is 0 Å². The van der Waals surface area contributed by atoms with Gasteiger partial charge in [-0.1, -0.05) is 30.2 Å². The van der Waals surface area contributed by atoms with Crippen molar-refractivity contribution in [1.82, 2.24) is 14.8 Å². The van der Waals surface area contributed by atoms with Crippen LogP contribution in [0.3, 0.4) is 0 Å². The molecule has 0 saturated heterocycles. The predicted molar refractivity (Wildman–Crippen MR) is 120 cm³/mol. The zero-order valence-electron chi connectivity index (χ0n) is 17.1. The molecule has 0 aliphatic rings. The van der Waals surface area contributed by atoms with E-state index in [0.29, 0.717) is 6.54 Å². The average Bonchev–Trinajstić information content (AvgIpc) is 3.06. The maximum Gasteiger partial charge on any atom is 0.0931 e. The third-order valence-corrected chi connectivity index (χ3v) is 4.72. The Kier molecular flexibility index (Phi) is 7.13. The van der Waals surface area contributed by atoms with Crippen LogP contribution < -0.4 is 10.6 Å². The van der Waals surface area contributed by atoms with E-state index in [1.807, 2.05) is 18.2 Å². The molecule has 3 rings (SSSR count). The van der Waals surface area contributed by atoms with E-state index in [0.717, 1.165) is 37.6 Å². The molecule has 0 unspecified atom stereocenters. The SMILES string of the molecule is CCn1c(C#CCNc2ccccc2)cc2cc(CNCCN(C)C)ccc21. The normalized spacial score (nSPS) is 10.9. The summed E-state index contributed by atoms with van der Waals surface area (Å²) in [5, 5.41) is 8.10. The van der Waals surface area contributed by atoms with Gasteiger partial charge >= 0.3 is 0 Å². The quantitative estimate of drug-likeness (QED) is 0.465. The minimum atomic E-state index is 0.635. The van der Waals surface area contributed by atoms with Crippen LogP contribution in [0.25, 0.3) is 10.9 Å². The van der Waals surface area contributed by atoms with Crippen molar-refractivity contribution in [3.8, 4) is 11.8 Å². The number of anilines is 1. The highest BCUT2D eigenvalue weighted by Gasteiger charge is 2.06. The summed E-state index contributed by atoms with van der Waals surface area (Å²) in [6.07, 6.45) is 0. The van der Waals surface area contributed by atoms with Crippen LogP contribution >= 0.6 is 0 Å². The van der Waals surface area contributed by atoms with Crippen molar-refractivity contribution in [3.05, 3.63) is 65.9 Å². The second-order valence-electron chi connectivity index (χ2n) is 7.17. The lowest BCUT2D eigenvalue weighted by atomic mass is 10.1. The summed E-state index contributed by atoms with van der Waals surface area (Å²) >= 11 is 0. The molecule has 2 aromatic carbocycles. The lowest BCUT2D eigenvalue weighted by molar-refractivity contribution is 0.400. The third-order valence-electron chi connectivity index (χ3n) is 4.72. The first-order chi connectivity index (χ1) is 13.7. The summed E-state index contributed by atoms with van der Waals surface area (Å²) < 4.78 is 2.29. The fourth-order valence-corrected chi connectivity index (χ4v) is 3.25. The van der Waals surface area contributed by atoms with Crippen LogP contribution in [0.4, 0.5) is 5.69 Å². The minimum Gasteiger partial charge on any atom is -0.374 e. The Morgan fingerprint density at radius 3 is 2.61 bits per heavy atom. The van der Waals surface area contributed by atoms with Gasteiger partial charge in [0.05, 0.1) is 12.2 Å². The molecule has 4 heteroatoms. The van der Waals surface area contributed by atoms with Crippen molar-refractivity contribution in [2.45, 2.75) is 20.0 Å². The summed E-state index contributed by atoms with van der Waals surface area (Å²) in [5.41, 5.74) is 4.73. The molecule has 0 aliphatic carbocycles. The van der Waals surface area contributed by atoms with E-state index in [4.69, 9.17) is 0 Å². The fourth-order valence-electron chi connectivity index (χ4n) is 3.25. The molecule has 4 nitrogen and oxygen atoms in total. The number of nitrogens with one attached hydrogen (secondary N) is 2. The van der Waals surface area contributed by atoms with Crippen molar-refractivity contribution in [1.29, 1.82) is 0 Å². The second-order valence-corrected chi connectivity index (χ2v) is 7.17. The Bertz CT molecular complexity index is 945. The standard InChI is InChI=1S/C24H30N4/c1-4-28-23(11-8-14-26-22-9-6-5-7-10-22)18-21-17-20(12-13-24(21)28)19-25-15-16-27(2)3/h5-7,9-10,12-13,17-18,25-26H,4,14-16,19H2,1-3H3. The van der Waals surface area contributed by atoms with Gasteiger partial charge in [0.2, 0.25) is 0 Å². The molecule has 0 atom stereocenters. The van der Waals surface area contributed by atoms with Crippen molar-refractivity contribution in [3.63, 3.8) is 0 Å². The molecule has 0 amide bonds. The van der Waals surface area contributed by atoms with Crippen molar-refractivity contribution < 1.29 is 0 Å². The lowest BCUT2D eigenvalue weighted by Gasteiger charge is -2.10. The predicted octanol–water partition coefficient (Wildman–Crippen LogP) is 3.78. The zero-order valence-corrected chi connectivity index (χ0v) is 17.1. The van der Waals surface area contributed by atoms with E-state index < -0.39 is 0 Å². The van der Waals surface area contributed by atoms with E-state index >= 15 is 0 Å². The summed E-state index contributed by atoms with van der Waals surface area (Å²) in [6.45, 7) is 6.65. The van der Waals surface area contributed by atoms with Gasteiger partial charge in [0.1, 0.15) is 0 Å². The monoisotopic (exact) mass is 374 g/mol. The van der Waals surface area contributed by atoms with Gasteiger partial charge < -0.3 is 20.1 Å². The molecular formula is C24H30N4. The molecule has 0 aliphatic heterocycles. The highest BCUT2D eigenvalue weighted by Crippen LogP contribution is 2.21. The molecule has 0 bridgehead atoms. The molecule has 0 spiro atoms. The Morgan fingerprint density at radius 2 is 1.86 bits per heavy atom. The number of fused-ring (bicyclic) bond motifs is 1. The van der Waals surface area contributed by atoms with Gasteiger partial charge in [0, 0.05) is 42.8 Å². The van der Waals surface area contributed by atoms with Crippen molar-refractivity contribution in [2.75, 3.05) is 39.0 Å². The highest BCUT2D eigenvalue weighted by molar-refractivity contribution is 5.83. The number of rotatable bonds is 8. The number of benzene rings is 2. The Hall–Kier alpha value is -2.74. The van der Waals surface area contributed by atoms with Crippen LogP contribution in [0, 0.1) is 11.8 Å². The molecule has 1 aromatic heterocycles. The van der Waals surface area contributed by atoms with E-state index in [1.165, 1.54) is 16.5 Å². The Labute approximate surface area is 168 Å². The average molecular weight is 375 g/mol. The van der Waals surface area contributed by atoms with Crippen LogP contribution in [0.1, 0.15) is 18.2 Å². The third kappa shape index (κ3) is 5.39. The molecular weight excluding hydrogens is 344 g/mol. The van der Waals surface area contributed by atoms with Gasteiger partial charge in [-0.15, -0.1) is 0 Å². The first-order valence-electron chi connectivity index (χ1n) is 9.93. The second kappa shape index (κ2) is 9.98. The summed E-state index contributed by atoms with van der Waals surface area (Å²) in [5.74, 6) is 6.59. The molecule has 0 radical (unpaired) electrons. The molecule has 0 fully saturated rings. The van der Waals surface area contributed by atoms with E-state index in [1.54, 1.807) is 0 Å². The van der Waals surface area contributed by atoms with Gasteiger partial charge in [-0.05, 0) is 62.8 Å². The fraction of sp³-hybridized carbons (Fsp3) is 0.333. The van der Waals surface area contributed by atoms with Gasteiger partial charge in [-0.3, -0.25) is 0 Å². The molecule has 0 saturated carbocycles. The molecule has 2 N–H and O–H groups in total. The maximum atomic E-state index is 3.51. The smallest absolute Gasteiger partial charge is 0.0931 e. The van der Waals surface area contributed by atoms with Gasteiger partial charge in [0.15, 0.2) is 0 Å². The van der Waals surface area contributed by atoms with Crippen LogP contribution in [0.15, 0.2) is 54.6 Å². The molecule has 28 heavy (non-hydrogen) atoms. The summed E-state index contributed by atoms with van der Waals surface area (Å²) in [4.78, 5) is 2.19. The minimum absolute atomic E-state index is 0.635. The van der Waals surface area contributed by atoms with Crippen LogP contribution in [-0.4, -0.2) is 43.2 Å². The Balaban J connectivity index is 1.68.